The molecule has 0 saturated heterocycles. The van der Waals surface area contributed by atoms with Crippen molar-refractivity contribution in [3.63, 3.8) is 0 Å². The van der Waals surface area contributed by atoms with Gasteiger partial charge in [0.25, 0.3) is 0 Å². The Labute approximate surface area is 84.0 Å². The third-order valence-corrected chi connectivity index (χ3v) is 3.44. The van der Waals surface area contributed by atoms with Crippen LogP contribution in [0.3, 0.4) is 0 Å². The van der Waals surface area contributed by atoms with E-state index in [0.29, 0.717) is 5.41 Å². The van der Waals surface area contributed by atoms with E-state index in [0.717, 1.165) is 11.3 Å². The second-order valence-corrected chi connectivity index (χ2v) is 4.80. The fourth-order valence-corrected chi connectivity index (χ4v) is 2.47. The van der Waals surface area contributed by atoms with E-state index >= 15 is 0 Å². The lowest BCUT2D eigenvalue weighted by atomic mass is 9.89. The van der Waals surface area contributed by atoms with Gasteiger partial charge in [0.05, 0.1) is 0 Å². The van der Waals surface area contributed by atoms with Crippen molar-refractivity contribution in [1.29, 1.82) is 0 Å². The maximum absolute atomic E-state index is 5.18. The number of aromatic nitrogens is 2. The number of H-pyrrole nitrogens is 1. The normalized spacial score (nSPS) is 20.7. The molecule has 1 saturated carbocycles. The lowest BCUT2D eigenvalue weighted by Gasteiger charge is -2.23. The fourth-order valence-electron chi connectivity index (χ4n) is 2.27. The van der Waals surface area contributed by atoms with Gasteiger partial charge in [-0.25, -0.2) is 0 Å². The van der Waals surface area contributed by atoms with Crippen LogP contribution in [0.15, 0.2) is 12.4 Å². The van der Waals surface area contributed by atoms with E-state index in [-0.39, 0.29) is 0 Å². The first-order valence-corrected chi connectivity index (χ1v) is 5.34. The summed E-state index contributed by atoms with van der Waals surface area (Å²) in [5.41, 5.74) is 0.487. The van der Waals surface area contributed by atoms with E-state index in [1.54, 1.807) is 0 Å². The second-order valence-electron chi connectivity index (χ2n) is 4.41. The molecule has 0 atom stereocenters. The first-order chi connectivity index (χ1) is 6.20. The molecule has 1 aromatic rings. The van der Waals surface area contributed by atoms with Crippen LogP contribution < -0.4 is 0 Å². The number of nitrogens with one attached hydrogen (secondary N) is 1. The van der Waals surface area contributed by atoms with Gasteiger partial charge >= 0.3 is 0 Å². The summed E-state index contributed by atoms with van der Waals surface area (Å²) in [6.45, 7) is 3.45. The molecule has 0 unspecified atom stereocenters. The zero-order valence-corrected chi connectivity index (χ0v) is 8.86. The monoisotopic (exact) mass is 196 g/mol. The fraction of sp³-hybridized carbons (Fsp3) is 0.700. The van der Waals surface area contributed by atoms with E-state index in [2.05, 4.69) is 16.5 Å². The minimum atomic E-state index is 0.487. The van der Waals surface area contributed by atoms with Crippen molar-refractivity contribution in [3.05, 3.63) is 17.2 Å². The quantitative estimate of drug-likeness (QED) is 0.721. The molecule has 3 heteroatoms. The molecule has 2 rings (SSSR count). The van der Waals surface area contributed by atoms with Gasteiger partial charge in [-0.15, -0.1) is 0 Å². The summed E-state index contributed by atoms with van der Waals surface area (Å²) in [5.74, 6) is 0. The van der Waals surface area contributed by atoms with Crippen LogP contribution in [-0.4, -0.2) is 9.55 Å². The van der Waals surface area contributed by atoms with Crippen LogP contribution in [0.4, 0.5) is 0 Å². The van der Waals surface area contributed by atoms with E-state index in [1.807, 2.05) is 12.4 Å². The van der Waals surface area contributed by atoms with Crippen LogP contribution in [0, 0.1) is 10.2 Å². The van der Waals surface area contributed by atoms with Crippen LogP contribution in [-0.2, 0) is 6.54 Å². The highest BCUT2D eigenvalue weighted by molar-refractivity contribution is 7.71. The molecule has 0 bridgehead atoms. The van der Waals surface area contributed by atoms with Crippen LogP contribution in [0.1, 0.15) is 32.6 Å². The van der Waals surface area contributed by atoms with Crippen LogP contribution in [0.25, 0.3) is 0 Å². The van der Waals surface area contributed by atoms with Crippen LogP contribution in [0.2, 0.25) is 0 Å². The van der Waals surface area contributed by atoms with Crippen molar-refractivity contribution in [2.45, 2.75) is 39.2 Å². The Morgan fingerprint density at radius 1 is 1.54 bits per heavy atom. The highest BCUT2D eigenvalue weighted by Gasteiger charge is 2.28. The maximum Gasteiger partial charge on any atom is 0.177 e. The van der Waals surface area contributed by atoms with Gasteiger partial charge in [0, 0.05) is 18.9 Å². The van der Waals surface area contributed by atoms with Gasteiger partial charge in [0.1, 0.15) is 0 Å². The highest BCUT2D eigenvalue weighted by atomic mass is 32.1. The van der Waals surface area contributed by atoms with Crippen LogP contribution >= 0.6 is 12.2 Å². The molecule has 1 N–H and O–H groups in total. The minimum absolute atomic E-state index is 0.487. The van der Waals surface area contributed by atoms with Crippen molar-refractivity contribution in [1.82, 2.24) is 9.55 Å². The molecule has 72 valence electrons. The molecular formula is C10H16N2S. The predicted octanol–water partition coefficient (Wildman–Crippen LogP) is 3.13. The smallest absolute Gasteiger partial charge is 0.177 e. The number of hydrogen-bond donors (Lipinski definition) is 1. The molecule has 0 radical (unpaired) electrons. The molecule has 1 aliphatic rings. The number of imidazole rings is 1. The molecule has 1 heterocycles. The molecule has 1 aliphatic carbocycles. The van der Waals surface area contributed by atoms with Gasteiger partial charge in [0.2, 0.25) is 0 Å². The molecule has 1 fully saturated rings. The van der Waals surface area contributed by atoms with E-state index in [9.17, 15) is 0 Å². The van der Waals surface area contributed by atoms with Crippen molar-refractivity contribution < 1.29 is 0 Å². The third-order valence-electron chi connectivity index (χ3n) is 3.08. The Morgan fingerprint density at radius 3 is 2.77 bits per heavy atom. The van der Waals surface area contributed by atoms with Crippen molar-refractivity contribution in [2.24, 2.45) is 5.41 Å². The zero-order valence-electron chi connectivity index (χ0n) is 8.05. The Morgan fingerprint density at radius 2 is 2.23 bits per heavy atom. The van der Waals surface area contributed by atoms with E-state index < -0.39 is 0 Å². The summed E-state index contributed by atoms with van der Waals surface area (Å²) >= 11 is 5.18. The molecular weight excluding hydrogens is 180 g/mol. The number of aromatic amines is 1. The summed E-state index contributed by atoms with van der Waals surface area (Å²) in [4.78, 5) is 3.04. The third kappa shape index (κ3) is 1.85. The van der Waals surface area contributed by atoms with E-state index in [1.165, 1.54) is 25.7 Å². The number of rotatable bonds is 2. The van der Waals surface area contributed by atoms with Gasteiger partial charge in [-0.3, -0.25) is 0 Å². The molecule has 2 nitrogen and oxygen atoms in total. The average Bonchev–Trinajstić information content (AvgIpc) is 2.64. The Balaban J connectivity index is 2.13. The van der Waals surface area contributed by atoms with Gasteiger partial charge in [-0.1, -0.05) is 19.8 Å². The highest BCUT2D eigenvalue weighted by Crippen LogP contribution is 2.38. The Kier molecular flexibility index (Phi) is 2.28. The van der Waals surface area contributed by atoms with Gasteiger partial charge in [-0.2, -0.15) is 0 Å². The largest absolute Gasteiger partial charge is 0.337 e. The van der Waals surface area contributed by atoms with Crippen molar-refractivity contribution >= 4 is 12.2 Å². The van der Waals surface area contributed by atoms with Crippen LogP contribution in [0.5, 0.6) is 0 Å². The van der Waals surface area contributed by atoms with E-state index in [4.69, 9.17) is 12.2 Å². The maximum atomic E-state index is 5.18. The minimum Gasteiger partial charge on any atom is -0.337 e. The molecule has 13 heavy (non-hydrogen) atoms. The molecule has 0 amide bonds. The van der Waals surface area contributed by atoms with Crippen molar-refractivity contribution in [2.75, 3.05) is 0 Å². The standard InChI is InChI=1S/C10H16N2S/c1-10(4-2-3-5-10)8-12-7-6-11-9(12)13/h6-7H,2-5,8H2,1H3,(H,11,13). The van der Waals surface area contributed by atoms with Gasteiger partial charge in [0.15, 0.2) is 4.77 Å². The summed E-state index contributed by atoms with van der Waals surface area (Å²) in [7, 11) is 0. The lowest BCUT2D eigenvalue weighted by Crippen LogP contribution is -2.19. The lowest BCUT2D eigenvalue weighted by molar-refractivity contribution is 0.280. The second kappa shape index (κ2) is 3.29. The number of hydrogen-bond acceptors (Lipinski definition) is 1. The number of nitrogens with zero attached hydrogens (tertiary/aromatic N) is 1. The van der Waals surface area contributed by atoms with Gasteiger partial charge in [-0.05, 0) is 30.5 Å². The van der Waals surface area contributed by atoms with Gasteiger partial charge < -0.3 is 9.55 Å². The first kappa shape index (κ1) is 9.00. The molecule has 0 aromatic carbocycles. The summed E-state index contributed by atoms with van der Waals surface area (Å²) < 4.78 is 3.01. The summed E-state index contributed by atoms with van der Waals surface area (Å²) in [6, 6.07) is 0. The summed E-state index contributed by atoms with van der Waals surface area (Å²) in [5, 5.41) is 0. The topological polar surface area (TPSA) is 20.7 Å². The SMILES string of the molecule is CC1(Cn2cc[nH]c2=S)CCCC1. The molecule has 0 aliphatic heterocycles. The Hall–Kier alpha value is -0.570. The molecule has 0 spiro atoms. The van der Waals surface area contributed by atoms with Crippen molar-refractivity contribution in [3.8, 4) is 0 Å². The molecule has 1 aromatic heterocycles. The summed E-state index contributed by atoms with van der Waals surface area (Å²) in [6.07, 6.45) is 9.43. The zero-order chi connectivity index (χ0) is 9.31. The Bertz CT molecular complexity index is 331. The average molecular weight is 196 g/mol. The first-order valence-electron chi connectivity index (χ1n) is 4.93. The predicted molar refractivity (Wildman–Crippen MR) is 56.2 cm³/mol.